The molecule has 0 saturated carbocycles. The predicted octanol–water partition coefficient (Wildman–Crippen LogP) is 0.662. The van der Waals surface area contributed by atoms with E-state index in [1.165, 1.54) is 27.7 Å². The van der Waals surface area contributed by atoms with Crippen LogP contribution in [0.5, 0.6) is 0 Å². The molecular formula is C18H21N5O4. The van der Waals surface area contributed by atoms with E-state index in [0.29, 0.717) is 19.4 Å². The monoisotopic (exact) mass is 371 g/mol. The number of carboxylic acid groups (broad SMARTS) is 1. The number of piperidine rings is 1. The number of likely N-dealkylation sites (tertiary alicyclic amines) is 1. The molecule has 2 heterocycles. The van der Waals surface area contributed by atoms with Crippen LogP contribution in [0.25, 0.3) is 5.69 Å². The van der Waals surface area contributed by atoms with Crippen LogP contribution in [0, 0.1) is 5.92 Å². The molecule has 1 N–H and O–H groups in total. The van der Waals surface area contributed by atoms with Crippen molar-refractivity contribution in [1.29, 1.82) is 0 Å². The summed E-state index contributed by atoms with van der Waals surface area (Å²) >= 11 is 0. The number of hydrogen-bond donors (Lipinski definition) is 1. The zero-order valence-corrected chi connectivity index (χ0v) is 15.0. The first-order chi connectivity index (χ1) is 13.0. The summed E-state index contributed by atoms with van der Waals surface area (Å²) in [5.41, 5.74) is 0.909. The van der Waals surface area contributed by atoms with Gasteiger partial charge in [0.05, 0.1) is 24.3 Å². The van der Waals surface area contributed by atoms with Crippen molar-refractivity contribution in [3.8, 4) is 5.69 Å². The number of aromatic nitrogens is 3. The number of amides is 2. The van der Waals surface area contributed by atoms with Gasteiger partial charge < -0.3 is 14.9 Å². The molecule has 9 heteroatoms. The molecule has 1 aliphatic heterocycles. The molecule has 2 aromatic rings. The highest BCUT2D eigenvalue weighted by atomic mass is 16.4. The van der Waals surface area contributed by atoms with Crippen LogP contribution in [-0.4, -0.2) is 74.4 Å². The zero-order chi connectivity index (χ0) is 19.4. The maximum atomic E-state index is 12.5. The molecule has 1 aliphatic rings. The lowest BCUT2D eigenvalue weighted by atomic mass is 9.98. The average molecular weight is 371 g/mol. The van der Waals surface area contributed by atoms with Crippen molar-refractivity contribution in [3.05, 3.63) is 42.2 Å². The first-order valence-corrected chi connectivity index (χ1v) is 8.69. The Morgan fingerprint density at radius 3 is 2.70 bits per heavy atom. The quantitative estimate of drug-likeness (QED) is 0.827. The van der Waals surface area contributed by atoms with E-state index in [9.17, 15) is 14.4 Å². The van der Waals surface area contributed by atoms with Crippen molar-refractivity contribution in [2.45, 2.75) is 12.8 Å². The van der Waals surface area contributed by atoms with Crippen molar-refractivity contribution >= 4 is 17.8 Å². The SMILES string of the molecule is CN(CC(=O)N1CCCC(C(=O)O)C1)C(=O)c1cn(-c2ccccc2)nn1. The van der Waals surface area contributed by atoms with Crippen LogP contribution in [0.1, 0.15) is 23.3 Å². The number of nitrogens with zero attached hydrogens (tertiary/aromatic N) is 5. The highest BCUT2D eigenvalue weighted by molar-refractivity contribution is 5.94. The summed E-state index contributed by atoms with van der Waals surface area (Å²) < 4.78 is 1.49. The number of carbonyl (C=O) groups is 3. The molecule has 27 heavy (non-hydrogen) atoms. The van der Waals surface area contributed by atoms with Gasteiger partial charge in [0, 0.05) is 20.1 Å². The van der Waals surface area contributed by atoms with Gasteiger partial charge in [0.1, 0.15) is 0 Å². The molecule has 2 amide bonds. The first kappa shape index (κ1) is 18.6. The molecule has 1 saturated heterocycles. The molecule has 1 aromatic carbocycles. The third-order valence-electron chi connectivity index (χ3n) is 4.58. The number of benzene rings is 1. The minimum Gasteiger partial charge on any atom is -0.481 e. The molecule has 1 aromatic heterocycles. The van der Waals surface area contributed by atoms with Crippen LogP contribution < -0.4 is 0 Å². The third kappa shape index (κ3) is 4.30. The number of carbonyl (C=O) groups excluding carboxylic acids is 2. The second-order valence-electron chi connectivity index (χ2n) is 6.56. The Morgan fingerprint density at radius 2 is 2.00 bits per heavy atom. The van der Waals surface area contributed by atoms with Gasteiger partial charge in [-0.3, -0.25) is 14.4 Å². The van der Waals surface area contributed by atoms with E-state index < -0.39 is 17.8 Å². The number of carboxylic acids is 1. The Balaban J connectivity index is 1.61. The fourth-order valence-electron chi connectivity index (χ4n) is 3.04. The fourth-order valence-corrected chi connectivity index (χ4v) is 3.04. The number of hydrogen-bond acceptors (Lipinski definition) is 5. The van der Waals surface area contributed by atoms with Gasteiger partial charge >= 0.3 is 5.97 Å². The van der Waals surface area contributed by atoms with Gasteiger partial charge in [-0.25, -0.2) is 4.68 Å². The number of likely N-dealkylation sites (N-methyl/N-ethyl adjacent to an activating group) is 1. The van der Waals surface area contributed by atoms with Crippen molar-refractivity contribution in [2.75, 3.05) is 26.7 Å². The summed E-state index contributed by atoms with van der Waals surface area (Å²) in [6.07, 6.45) is 2.72. The van der Waals surface area contributed by atoms with Crippen molar-refractivity contribution in [2.24, 2.45) is 5.92 Å². The topological polar surface area (TPSA) is 109 Å². The Hall–Kier alpha value is -3.23. The number of para-hydroxylation sites is 1. The van der Waals surface area contributed by atoms with Crippen molar-refractivity contribution in [1.82, 2.24) is 24.8 Å². The minimum atomic E-state index is -0.894. The van der Waals surface area contributed by atoms with Gasteiger partial charge in [-0.05, 0) is 25.0 Å². The largest absolute Gasteiger partial charge is 0.481 e. The van der Waals surface area contributed by atoms with E-state index in [1.54, 1.807) is 0 Å². The predicted molar refractivity (Wildman–Crippen MR) is 95.3 cm³/mol. The molecular weight excluding hydrogens is 350 g/mol. The Morgan fingerprint density at radius 1 is 1.26 bits per heavy atom. The summed E-state index contributed by atoms with van der Waals surface area (Å²) in [6, 6.07) is 9.26. The molecule has 0 aliphatic carbocycles. The van der Waals surface area contributed by atoms with Gasteiger partial charge in [-0.15, -0.1) is 5.10 Å². The fraction of sp³-hybridized carbons (Fsp3) is 0.389. The van der Waals surface area contributed by atoms with Gasteiger partial charge in [0.15, 0.2) is 5.69 Å². The molecule has 0 radical (unpaired) electrons. The first-order valence-electron chi connectivity index (χ1n) is 8.69. The van der Waals surface area contributed by atoms with E-state index in [1.807, 2.05) is 30.3 Å². The van der Waals surface area contributed by atoms with E-state index in [4.69, 9.17) is 5.11 Å². The maximum Gasteiger partial charge on any atom is 0.308 e. The van der Waals surface area contributed by atoms with Gasteiger partial charge in [-0.1, -0.05) is 23.4 Å². The van der Waals surface area contributed by atoms with Crippen LogP contribution in [0.3, 0.4) is 0 Å². The number of aliphatic carboxylic acids is 1. The summed E-state index contributed by atoms with van der Waals surface area (Å²) in [5, 5.41) is 17.0. The number of rotatable bonds is 5. The lowest BCUT2D eigenvalue weighted by molar-refractivity contribution is -0.145. The lowest BCUT2D eigenvalue weighted by Gasteiger charge is -2.31. The summed E-state index contributed by atoms with van der Waals surface area (Å²) in [7, 11) is 1.51. The average Bonchev–Trinajstić information content (AvgIpc) is 3.18. The highest BCUT2D eigenvalue weighted by Gasteiger charge is 2.29. The Bertz CT molecular complexity index is 835. The van der Waals surface area contributed by atoms with E-state index >= 15 is 0 Å². The Kier molecular flexibility index (Phi) is 5.49. The standard InChI is InChI=1S/C18H21N5O4/c1-21(12-16(24)22-9-5-6-13(10-22)18(26)27)17(25)15-11-23(20-19-15)14-7-3-2-4-8-14/h2-4,7-8,11,13H,5-6,9-10,12H2,1H3,(H,26,27). The molecule has 0 spiro atoms. The molecule has 3 rings (SSSR count). The van der Waals surface area contributed by atoms with Crippen LogP contribution in [0.4, 0.5) is 0 Å². The molecule has 0 bridgehead atoms. The van der Waals surface area contributed by atoms with E-state index in [0.717, 1.165) is 5.69 Å². The van der Waals surface area contributed by atoms with Gasteiger partial charge in [-0.2, -0.15) is 0 Å². The Labute approximate surface area is 156 Å². The molecule has 142 valence electrons. The molecule has 1 unspecified atom stereocenters. The van der Waals surface area contributed by atoms with Crippen LogP contribution in [0.2, 0.25) is 0 Å². The van der Waals surface area contributed by atoms with E-state index in [-0.39, 0.29) is 24.7 Å². The van der Waals surface area contributed by atoms with E-state index in [2.05, 4.69) is 10.3 Å². The lowest BCUT2D eigenvalue weighted by Crippen LogP contribution is -2.47. The highest BCUT2D eigenvalue weighted by Crippen LogP contribution is 2.17. The molecule has 9 nitrogen and oxygen atoms in total. The van der Waals surface area contributed by atoms with Crippen LogP contribution >= 0.6 is 0 Å². The third-order valence-corrected chi connectivity index (χ3v) is 4.58. The summed E-state index contributed by atoms with van der Waals surface area (Å²) in [6.45, 7) is 0.554. The minimum absolute atomic E-state index is 0.135. The van der Waals surface area contributed by atoms with Crippen molar-refractivity contribution < 1.29 is 19.5 Å². The van der Waals surface area contributed by atoms with Crippen molar-refractivity contribution in [3.63, 3.8) is 0 Å². The zero-order valence-electron chi connectivity index (χ0n) is 15.0. The van der Waals surface area contributed by atoms with Crippen LogP contribution in [0.15, 0.2) is 36.5 Å². The maximum absolute atomic E-state index is 12.5. The normalized spacial score (nSPS) is 16.8. The van der Waals surface area contributed by atoms with Gasteiger partial charge in [0.25, 0.3) is 5.91 Å². The molecule has 1 fully saturated rings. The molecule has 1 atom stereocenters. The van der Waals surface area contributed by atoms with Gasteiger partial charge in [0.2, 0.25) is 5.91 Å². The second kappa shape index (κ2) is 7.98. The van der Waals surface area contributed by atoms with Crippen LogP contribution in [-0.2, 0) is 9.59 Å². The summed E-state index contributed by atoms with van der Waals surface area (Å²) in [5.74, 6) is -2.13. The smallest absolute Gasteiger partial charge is 0.308 e. The second-order valence-corrected chi connectivity index (χ2v) is 6.56. The summed E-state index contributed by atoms with van der Waals surface area (Å²) in [4.78, 5) is 38.9.